The van der Waals surface area contributed by atoms with E-state index in [1.165, 1.54) is 22.3 Å². The van der Waals surface area contributed by atoms with Crippen molar-refractivity contribution in [1.82, 2.24) is 5.32 Å². The molecule has 2 heterocycles. The average molecular weight is 378 g/mol. The molecule has 1 aliphatic carbocycles. The van der Waals surface area contributed by atoms with Gasteiger partial charge in [0.25, 0.3) is 0 Å². The second-order valence-electron chi connectivity index (χ2n) is 8.14. The van der Waals surface area contributed by atoms with Crippen molar-refractivity contribution in [3.63, 3.8) is 0 Å². The number of benzene rings is 2. The zero-order valence-corrected chi connectivity index (χ0v) is 16.0. The van der Waals surface area contributed by atoms with E-state index in [1.807, 2.05) is 6.07 Å². The van der Waals surface area contributed by atoms with Gasteiger partial charge in [0.1, 0.15) is 0 Å². The summed E-state index contributed by atoms with van der Waals surface area (Å²) in [4.78, 5) is 12.6. The van der Waals surface area contributed by atoms with Crippen LogP contribution in [0.25, 0.3) is 11.1 Å². The molecule has 146 valence electrons. The molecule has 0 radical (unpaired) electrons. The lowest BCUT2D eigenvalue weighted by molar-refractivity contribution is -0.139. The molecule has 0 unspecified atom stereocenters. The van der Waals surface area contributed by atoms with Gasteiger partial charge in [-0.2, -0.15) is 0 Å². The number of fused-ring (bicyclic) bond motifs is 3. The smallest absolute Gasteiger partial charge is 0.319 e. The van der Waals surface area contributed by atoms with Gasteiger partial charge in [-0.3, -0.25) is 0 Å². The third kappa shape index (κ3) is 3.40. The zero-order chi connectivity index (χ0) is 19.0. The topological polar surface area (TPSA) is 59.6 Å². The molecule has 2 saturated heterocycles. The molecule has 28 heavy (non-hydrogen) atoms. The fourth-order valence-electron chi connectivity index (χ4n) is 4.82. The Kier molecular flexibility index (Phi) is 4.57. The molecule has 0 aromatic heterocycles. The van der Waals surface area contributed by atoms with Crippen molar-refractivity contribution in [3.8, 4) is 11.1 Å². The second-order valence-corrected chi connectivity index (χ2v) is 8.14. The van der Waals surface area contributed by atoms with Crippen LogP contribution in [-0.2, 0) is 15.9 Å². The first-order chi connectivity index (χ1) is 13.7. The van der Waals surface area contributed by atoms with Crippen LogP contribution in [-0.4, -0.2) is 37.5 Å². The first kappa shape index (κ1) is 17.7. The third-order valence-electron chi connectivity index (χ3n) is 6.28. The Morgan fingerprint density at radius 3 is 2.71 bits per heavy atom. The molecule has 5 rings (SSSR count). The first-order valence-electron chi connectivity index (χ1n) is 10.2. The maximum Gasteiger partial charge on any atom is 0.319 e. The lowest BCUT2D eigenvalue weighted by Crippen LogP contribution is -2.51. The molecule has 1 atom stereocenters. The molecule has 2 fully saturated rings. The largest absolute Gasteiger partial charge is 0.381 e. The van der Waals surface area contributed by atoms with Crippen LogP contribution in [0.1, 0.15) is 36.8 Å². The molecule has 2 aliphatic heterocycles. The molecule has 0 bridgehead atoms. The van der Waals surface area contributed by atoms with E-state index in [-0.39, 0.29) is 17.7 Å². The van der Waals surface area contributed by atoms with Crippen LogP contribution in [0.15, 0.2) is 42.5 Å². The first-order valence-corrected chi connectivity index (χ1v) is 10.2. The van der Waals surface area contributed by atoms with Gasteiger partial charge in [0.2, 0.25) is 0 Å². The highest BCUT2D eigenvalue weighted by molar-refractivity contribution is 5.90. The minimum Gasteiger partial charge on any atom is -0.381 e. The lowest BCUT2D eigenvalue weighted by atomic mass is 9.84. The van der Waals surface area contributed by atoms with E-state index in [1.54, 1.807) is 0 Å². The number of rotatable bonds is 2. The lowest BCUT2D eigenvalue weighted by Gasteiger charge is -2.43. The number of carbonyl (C=O) groups is 1. The number of hydrogen-bond donors (Lipinski definition) is 2. The number of carbonyl (C=O) groups excluding carboxylic acids is 1. The van der Waals surface area contributed by atoms with E-state index in [0.717, 1.165) is 51.0 Å². The Morgan fingerprint density at radius 2 is 1.82 bits per heavy atom. The minimum atomic E-state index is -0.135. The maximum atomic E-state index is 12.6. The molecule has 5 nitrogen and oxygen atoms in total. The fraction of sp³-hybridized carbons (Fsp3) is 0.435. The molecule has 2 aromatic carbocycles. The Labute approximate surface area is 165 Å². The molecule has 2 N–H and O–H groups in total. The average Bonchev–Trinajstić information content (AvgIpc) is 3.06. The van der Waals surface area contributed by atoms with Crippen LogP contribution in [0.3, 0.4) is 0 Å². The van der Waals surface area contributed by atoms with Crippen LogP contribution in [0.2, 0.25) is 0 Å². The number of nitrogens with one attached hydrogen (secondary N) is 2. The monoisotopic (exact) mass is 378 g/mol. The van der Waals surface area contributed by atoms with E-state index < -0.39 is 0 Å². The highest BCUT2D eigenvalue weighted by Gasteiger charge is 2.39. The molecule has 1 spiro atoms. The van der Waals surface area contributed by atoms with Crippen molar-refractivity contribution in [2.75, 3.05) is 25.1 Å². The van der Waals surface area contributed by atoms with Gasteiger partial charge >= 0.3 is 6.03 Å². The van der Waals surface area contributed by atoms with Gasteiger partial charge in [0.15, 0.2) is 0 Å². The van der Waals surface area contributed by atoms with Gasteiger partial charge in [-0.1, -0.05) is 30.3 Å². The molecule has 0 saturated carbocycles. The summed E-state index contributed by atoms with van der Waals surface area (Å²) >= 11 is 0. The Bertz CT molecular complexity index is 884. The van der Waals surface area contributed by atoms with Gasteiger partial charge in [-0.15, -0.1) is 0 Å². The molecule has 2 aromatic rings. The van der Waals surface area contributed by atoms with Crippen molar-refractivity contribution in [3.05, 3.63) is 53.6 Å². The van der Waals surface area contributed by atoms with E-state index >= 15 is 0 Å². The van der Waals surface area contributed by atoms with E-state index in [9.17, 15) is 4.79 Å². The summed E-state index contributed by atoms with van der Waals surface area (Å²) in [7, 11) is 0. The van der Waals surface area contributed by atoms with Crippen LogP contribution >= 0.6 is 0 Å². The van der Waals surface area contributed by atoms with Crippen molar-refractivity contribution in [2.24, 2.45) is 0 Å². The van der Waals surface area contributed by atoms with Gasteiger partial charge in [0.05, 0.1) is 5.60 Å². The Hall–Kier alpha value is -2.37. The second kappa shape index (κ2) is 7.22. The summed E-state index contributed by atoms with van der Waals surface area (Å²) in [5, 5.41) is 6.17. The van der Waals surface area contributed by atoms with Crippen molar-refractivity contribution in [1.29, 1.82) is 0 Å². The van der Waals surface area contributed by atoms with Crippen molar-refractivity contribution in [2.45, 2.75) is 43.7 Å². The number of hydrogen-bond acceptors (Lipinski definition) is 3. The fourth-order valence-corrected chi connectivity index (χ4v) is 4.82. The summed E-state index contributed by atoms with van der Waals surface area (Å²) in [6.07, 6.45) is 4.47. The van der Waals surface area contributed by atoms with Gasteiger partial charge in [0, 0.05) is 31.5 Å². The molecular formula is C23H26N2O3. The van der Waals surface area contributed by atoms with Crippen molar-refractivity contribution >= 4 is 11.7 Å². The number of urea groups is 1. The van der Waals surface area contributed by atoms with E-state index in [2.05, 4.69) is 47.0 Å². The SMILES string of the molecule is O=C(Nc1ccc2c(c1)Cc1ccccc1-2)N[C@H]1CCOC2(CCOCC2)C1. The van der Waals surface area contributed by atoms with Crippen molar-refractivity contribution < 1.29 is 14.3 Å². The summed E-state index contributed by atoms with van der Waals surface area (Å²) in [6.45, 7) is 2.19. The van der Waals surface area contributed by atoms with Crippen LogP contribution in [0.5, 0.6) is 0 Å². The Morgan fingerprint density at radius 1 is 1.00 bits per heavy atom. The Balaban J connectivity index is 1.22. The summed E-state index contributed by atoms with van der Waals surface area (Å²) in [6, 6.07) is 14.7. The number of anilines is 1. The van der Waals surface area contributed by atoms with Gasteiger partial charge in [-0.25, -0.2) is 4.79 Å². The van der Waals surface area contributed by atoms with Gasteiger partial charge < -0.3 is 20.1 Å². The normalized spacial score (nSPS) is 22.4. The maximum absolute atomic E-state index is 12.6. The quantitative estimate of drug-likeness (QED) is 0.706. The molecule has 5 heteroatoms. The summed E-state index contributed by atoms with van der Waals surface area (Å²) in [5.74, 6) is 0. The number of ether oxygens (including phenoxy) is 2. The highest BCUT2D eigenvalue weighted by atomic mass is 16.5. The summed E-state index contributed by atoms with van der Waals surface area (Å²) < 4.78 is 11.5. The highest BCUT2D eigenvalue weighted by Crippen LogP contribution is 2.38. The van der Waals surface area contributed by atoms with E-state index in [4.69, 9.17) is 9.47 Å². The van der Waals surface area contributed by atoms with Gasteiger partial charge in [-0.05, 0) is 66.5 Å². The number of amides is 2. The zero-order valence-electron chi connectivity index (χ0n) is 16.0. The molecular weight excluding hydrogens is 352 g/mol. The standard InChI is InChI=1S/C23H26N2O3/c26-22(25-19-7-10-28-23(15-19)8-11-27-12-9-23)24-18-5-6-21-17(14-18)13-16-3-1-2-4-20(16)21/h1-6,14,19H,7-13,15H2,(H2,24,25,26)/t19-/m0/s1. The molecule has 2 amide bonds. The van der Waals surface area contributed by atoms with Crippen LogP contribution in [0, 0.1) is 0 Å². The van der Waals surface area contributed by atoms with E-state index in [0.29, 0.717) is 6.61 Å². The minimum absolute atomic E-state index is 0.117. The van der Waals surface area contributed by atoms with Crippen LogP contribution < -0.4 is 10.6 Å². The predicted molar refractivity (Wildman–Crippen MR) is 109 cm³/mol. The summed E-state index contributed by atoms with van der Waals surface area (Å²) in [5.41, 5.74) is 5.92. The third-order valence-corrected chi connectivity index (χ3v) is 6.28. The predicted octanol–water partition coefficient (Wildman–Crippen LogP) is 4.11. The molecule has 3 aliphatic rings. The van der Waals surface area contributed by atoms with Crippen LogP contribution in [0.4, 0.5) is 10.5 Å².